The molecule has 0 saturated heterocycles. The predicted octanol–water partition coefficient (Wildman–Crippen LogP) is 7.64. The molecular formula is C27H20N3P. The van der Waals surface area contributed by atoms with Gasteiger partial charge in [0.05, 0.1) is 17.1 Å². The van der Waals surface area contributed by atoms with Gasteiger partial charge in [0, 0.05) is 22.0 Å². The number of aromatic amines is 1. The number of aromatic nitrogens is 3. The first kappa shape index (κ1) is 18.1. The van der Waals surface area contributed by atoms with Crippen molar-refractivity contribution < 1.29 is 0 Å². The van der Waals surface area contributed by atoms with Crippen LogP contribution in [0.4, 0.5) is 0 Å². The summed E-state index contributed by atoms with van der Waals surface area (Å²) in [5, 5.41) is 12.8. The minimum Gasteiger partial charge on any atom is -0.276 e. The van der Waals surface area contributed by atoms with Crippen molar-refractivity contribution in [3.05, 3.63) is 97.2 Å². The predicted molar refractivity (Wildman–Crippen MR) is 131 cm³/mol. The van der Waals surface area contributed by atoms with Crippen molar-refractivity contribution >= 4 is 28.5 Å². The zero-order valence-electron chi connectivity index (χ0n) is 17.1. The second-order valence-electron chi connectivity index (χ2n) is 7.74. The Balaban J connectivity index is 1.67. The van der Waals surface area contributed by atoms with E-state index in [0.717, 1.165) is 22.6 Å². The van der Waals surface area contributed by atoms with Gasteiger partial charge in [-0.15, -0.1) is 7.53 Å². The molecule has 0 bridgehead atoms. The topological polar surface area (TPSA) is 41.6 Å². The summed E-state index contributed by atoms with van der Waals surface area (Å²) >= 11 is 0. The molecule has 3 nitrogen and oxygen atoms in total. The molecule has 31 heavy (non-hydrogen) atoms. The number of H-pyrrole nitrogens is 1. The van der Waals surface area contributed by atoms with E-state index in [0.29, 0.717) is 0 Å². The van der Waals surface area contributed by atoms with Gasteiger partial charge < -0.3 is 0 Å². The largest absolute Gasteiger partial charge is 0.276 e. The van der Waals surface area contributed by atoms with Gasteiger partial charge in [0.2, 0.25) is 0 Å². The van der Waals surface area contributed by atoms with Crippen molar-refractivity contribution in [2.24, 2.45) is 6.66 Å². The number of hydrogen-bond donors (Lipinski definition) is 1. The van der Waals surface area contributed by atoms with E-state index in [1.165, 1.54) is 32.1 Å². The van der Waals surface area contributed by atoms with E-state index < -0.39 is 7.53 Å². The van der Waals surface area contributed by atoms with Gasteiger partial charge in [-0.2, -0.15) is 5.10 Å². The van der Waals surface area contributed by atoms with Crippen LogP contribution in [0.15, 0.2) is 97.2 Å². The molecule has 0 aliphatic rings. The average molecular weight is 417 g/mol. The fourth-order valence-corrected chi connectivity index (χ4v) is 6.66. The summed E-state index contributed by atoms with van der Waals surface area (Å²) < 4.78 is 0. The Morgan fingerprint density at radius 2 is 1.48 bits per heavy atom. The SMILES string of the molecule is Cp1c2ccccc2c2cccc(-c3cc(-c4ccccc4)cc(-c4ccn[nH]4)n3)c21. The third-order valence-electron chi connectivity index (χ3n) is 5.91. The van der Waals surface area contributed by atoms with E-state index in [1.807, 2.05) is 12.1 Å². The van der Waals surface area contributed by atoms with Crippen molar-refractivity contribution in [3.8, 4) is 33.8 Å². The van der Waals surface area contributed by atoms with E-state index in [4.69, 9.17) is 4.98 Å². The summed E-state index contributed by atoms with van der Waals surface area (Å²) in [7, 11) is -0.420. The fraction of sp³-hybridized carbons (Fsp3) is 0.0370. The molecule has 4 heteroatoms. The second kappa shape index (κ2) is 7.23. The Bertz CT molecular complexity index is 1530. The van der Waals surface area contributed by atoms with E-state index in [-0.39, 0.29) is 0 Å². The molecule has 1 atom stereocenters. The minimum atomic E-state index is -0.420. The molecule has 0 saturated carbocycles. The molecule has 0 spiro atoms. The van der Waals surface area contributed by atoms with Crippen LogP contribution in [-0.4, -0.2) is 15.2 Å². The molecule has 1 unspecified atom stereocenters. The molecule has 6 aromatic rings. The summed E-state index contributed by atoms with van der Waals surface area (Å²) in [6, 6.07) is 32.2. The molecule has 6 rings (SSSR count). The monoisotopic (exact) mass is 417 g/mol. The summed E-state index contributed by atoms with van der Waals surface area (Å²) in [6.45, 7) is 2.36. The van der Waals surface area contributed by atoms with Crippen LogP contribution in [0, 0.1) is 0 Å². The lowest BCUT2D eigenvalue weighted by atomic mass is 10.0. The molecule has 3 aromatic heterocycles. The molecule has 0 aliphatic heterocycles. The maximum Gasteiger partial charge on any atom is 0.0894 e. The zero-order valence-corrected chi connectivity index (χ0v) is 18.0. The summed E-state index contributed by atoms with van der Waals surface area (Å²) in [5.74, 6) is 0. The number of nitrogens with zero attached hydrogens (tertiary/aromatic N) is 2. The number of fused-ring (bicyclic) bond motifs is 3. The molecule has 3 heterocycles. The number of hydrogen-bond acceptors (Lipinski definition) is 2. The summed E-state index contributed by atoms with van der Waals surface area (Å²) in [5.41, 5.74) is 6.40. The zero-order chi connectivity index (χ0) is 20.8. The van der Waals surface area contributed by atoms with E-state index in [9.17, 15) is 0 Å². The molecule has 0 radical (unpaired) electrons. The highest BCUT2D eigenvalue weighted by Crippen LogP contribution is 2.50. The van der Waals surface area contributed by atoms with Crippen LogP contribution in [-0.2, 0) is 6.66 Å². The smallest absolute Gasteiger partial charge is 0.0894 e. The number of nitrogens with one attached hydrogen (secondary N) is 1. The lowest BCUT2D eigenvalue weighted by Crippen LogP contribution is -1.92. The lowest BCUT2D eigenvalue weighted by Gasteiger charge is -2.11. The number of aryl methyl sites for hydroxylation is 1. The Kier molecular flexibility index (Phi) is 4.22. The van der Waals surface area contributed by atoms with Gasteiger partial charge in [-0.25, -0.2) is 4.98 Å². The maximum atomic E-state index is 5.09. The highest BCUT2D eigenvalue weighted by molar-refractivity contribution is 7.60. The first-order valence-electron chi connectivity index (χ1n) is 10.3. The third-order valence-corrected chi connectivity index (χ3v) is 8.18. The lowest BCUT2D eigenvalue weighted by molar-refractivity contribution is 1.09. The van der Waals surface area contributed by atoms with Gasteiger partial charge in [-0.3, -0.25) is 5.10 Å². The fourth-order valence-electron chi connectivity index (χ4n) is 4.45. The van der Waals surface area contributed by atoms with Crippen LogP contribution in [0.3, 0.4) is 0 Å². The summed E-state index contributed by atoms with van der Waals surface area (Å²) in [6.07, 6.45) is 1.77. The quantitative estimate of drug-likeness (QED) is 0.321. The maximum absolute atomic E-state index is 5.09. The Labute approximate surface area is 181 Å². The Morgan fingerprint density at radius 1 is 0.710 bits per heavy atom. The number of rotatable bonds is 3. The van der Waals surface area contributed by atoms with Gasteiger partial charge in [-0.05, 0) is 46.8 Å². The van der Waals surface area contributed by atoms with Crippen LogP contribution < -0.4 is 0 Å². The van der Waals surface area contributed by atoms with Gasteiger partial charge in [0.1, 0.15) is 0 Å². The first-order chi connectivity index (χ1) is 15.3. The van der Waals surface area contributed by atoms with Crippen molar-refractivity contribution in [1.82, 2.24) is 15.2 Å². The van der Waals surface area contributed by atoms with Crippen molar-refractivity contribution in [2.45, 2.75) is 0 Å². The minimum absolute atomic E-state index is 0.420. The molecule has 0 amide bonds. The highest BCUT2D eigenvalue weighted by atomic mass is 31.1. The van der Waals surface area contributed by atoms with Crippen LogP contribution in [0.25, 0.3) is 54.8 Å². The van der Waals surface area contributed by atoms with E-state index >= 15 is 0 Å². The third kappa shape index (κ3) is 2.98. The summed E-state index contributed by atoms with van der Waals surface area (Å²) in [4.78, 5) is 5.09. The van der Waals surface area contributed by atoms with Crippen molar-refractivity contribution in [1.29, 1.82) is 0 Å². The van der Waals surface area contributed by atoms with E-state index in [2.05, 4.69) is 95.7 Å². The number of benzene rings is 3. The molecule has 0 fully saturated rings. The van der Waals surface area contributed by atoms with Crippen LogP contribution in [0.1, 0.15) is 0 Å². The first-order valence-corrected chi connectivity index (χ1v) is 12.1. The van der Waals surface area contributed by atoms with Gasteiger partial charge in [-0.1, -0.05) is 72.8 Å². The van der Waals surface area contributed by atoms with Crippen LogP contribution >= 0.6 is 7.53 Å². The van der Waals surface area contributed by atoms with Crippen LogP contribution in [0.5, 0.6) is 0 Å². The molecule has 0 aliphatic carbocycles. The molecule has 148 valence electrons. The molecule has 1 N–H and O–H groups in total. The van der Waals surface area contributed by atoms with E-state index in [1.54, 1.807) is 6.20 Å². The number of pyridine rings is 1. The Hall–Kier alpha value is -3.68. The molecule has 3 aromatic carbocycles. The van der Waals surface area contributed by atoms with Gasteiger partial charge in [0.25, 0.3) is 0 Å². The van der Waals surface area contributed by atoms with Gasteiger partial charge >= 0.3 is 0 Å². The molecular weight excluding hydrogens is 397 g/mol. The Morgan fingerprint density at radius 3 is 2.32 bits per heavy atom. The second-order valence-corrected chi connectivity index (χ2v) is 9.79. The normalized spacial score (nSPS) is 12.0. The standard InChI is InChI=1S/C27H20N3P/c1-31-26-13-6-5-10-20(26)21-11-7-12-22(27(21)31)24-16-19(18-8-3-2-4-9-18)17-25(29-24)23-14-15-28-30-23/h2-17H,1H3,(H,28,30). The van der Waals surface area contributed by atoms with Gasteiger partial charge in [0.15, 0.2) is 0 Å². The highest BCUT2D eigenvalue weighted by Gasteiger charge is 2.16. The van der Waals surface area contributed by atoms with Crippen molar-refractivity contribution in [3.63, 3.8) is 0 Å². The van der Waals surface area contributed by atoms with Crippen LogP contribution in [0.2, 0.25) is 0 Å². The van der Waals surface area contributed by atoms with Crippen molar-refractivity contribution in [2.75, 3.05) is 0 Å². The average Bonchev–Trinajstić information content (AvgIpc) is 3.47.